The summed E-state index contributed by atoms with van der Waals surface area (Å²) in [6.07, 6.45) is -1.00. The number of hydrogen-bond donors (Lipinski definition) is 0. The van der Waals surface area contributed by atoms with E-state index in [1.807, 2.05) is 6.92 Å². The van der Waals surface area contributed by atoms with Crippen LogP contribution in [0.15, 0.2) is 16.9 Å². The van der Waals surface area contributed by atoms with E-state index in [1.54, 1.807) is 0 Å². The fourth-order valence-corrected chi connectivity index (χ4v) is 0.952. The highest BCUT2D eigenvalue weighted by Crippen LogP contribution is 2.26. The van der Waals surface area contributed by atoms with Crippen molar-refractivity contribution >= 4 is 5.71 Å². The molecule has 0 fully saturated rings. The van der Waals surface area contributed by atoms with Crippen LogP contribution >= 0.6 is 0 Å². The molecule has 0 aromatic carbocycles. The Labute approximate surface area is 74.5 Å². The first-order valence-corrected chi connectivity index (χ1v) is 4.10. The lowest BCUT2D eigenvalue weighted by Crippen LogP contribution is -2.15. The summed E-state index contributed by atoms with van der Waals surface area (Å²) in [7, 11) is 0. The summed E-state index contributed by atoms with van der Waals surface area (Å²) in [4.78, 5) is 0. The molecule has 1 aliphatic rings. The SMILES string of the molecule is CCCCC1=N[N]C(C(F)(F)F)=C1. The van der Waals surface area contributed by atoms with Gasteiger partial charge in [-0.15, -0.1) is 5.43 Å². The Morgan fingerprint density at radius 2 is 2.08 bits per heavy atom. The molecule has 13 heavy (non-hydrogen) atoms. The molecule has 0 N–H and O–H groups in total. The minimum absolute atomic E-state index is 0.425. The fourth-order valence-electron chi connectivity index (χ4n) is 0.952. The maximum absolute atomic E-state index is 12.0. The molecular weight excluding hydrogens is 181 g/mol. The quantitative estimate of drug-likeness (QED) is 0.655. The van der Waals surface area contributed by atoms with Crippen LogP contribution in [0.5, 0.6) is 0 Å². The predicted molar refractivity (Wildman–Crippen MR) is 43.2 cm³/mol. The van der Waals surface area contributed by atoms with Gasteiger partial charge in [0.2, 0.25) is 0 Å². The highest BCUT2D eigenvalue weighted by atomic mass is 19.4. The minimum Gasteiger partial charge on any atom is -0.164 e. The van der Waals surface area contributed by atoms with E-state index in [4.69, 9.17) is 0 Å². The van der Waals surface area contributed by atoms with Gasteiger partial charge in [0.25, 0.3) is 0 Å². The van der Waals surface area contributed by atoms with Crippen molar-refractivity contribution in [2.24, 2.45) is 5.10 Å². The average molecular weight is 191 g/mol. The van der Waals surface area contributed by atoms with Crippen molar-refractivity contribution in [1.29, 1.82) is 0 Å². The second-order valence-electron chi connectivity index (χ2n) is 2.82. The van der Waals surface area contributed by atoms with Gasteiger partial charge in [0.1, 0.15) is 0 Å². The smallest absolute Gasteiger partial charge is 0.164 e. The first-order valence-electron chi connectivity index (χ1n) is 4.10. The number of allylic oxidation sites excluding steroid dienone is 2. The normalized spacial score (nSPS) is 16.6. The third kappa shape index (κ3) is 2.75. The lowest BCUT2D eigenvalue weighted by atomic mass is 10.1. The monoisotopic (exact) mass is 191 g/mol. The summed E-state index contributed by atoms with van der Waals surface area (Å²) in [6.45, 7) is 1.97. The lowest BCUT2D eigenvalue weighted by molar-refractivity contribution is -0.0964. The summed E-state index contributed by atoms with van der Waals surface area (Å²) in [6, 6.07) is 0. The van der Waals surface area contributed by atoms with Crippen molar-refractivity contribution in [1.82, 2.24) is 5.43 Å². The van der Waals surface area contributed by atoms with E-state index in [9.17, 15) is 13.2 Å². The molecular formula is C8H10F3N2. The molecule has 0 saturated carbocycles. The van der Waals surface area contributed by atoms with Crippen LogP contribution in [-0.4, -0.2) is 11.9 Å². The van der Waals surface area contributed by atoms with Gasteiger partial charge in [-0.05, 0) is 18.9 Å². The predicted octanol–water partition coefficient (Wildman–Crippen LogP) is 2.60. The number of nitrogens with zero attached hydrogens (tertiary/aromatic N) is 2. The van der Waals surface area contributed by atoms with Crippen LogP contribution < -0.4 is 5.43 Å². The van der Waals surface area contributed by atoms with Crippen molar-refractivity contribution in [2.75, 3.05) is 0 Å². The van der Waals surface area contributed by atoms with E-state index in [-0.39, 0.29) is 0 Å². The molecule has 1 heterocycles. The number of rotatable bonds is 3. The van der Waals surface area contributed by atoms with E-state index in [0.29, 0.717) is 12.1 Å². The summed E-state index contributed by atoms with van der Waals surface area (Å²) < 4.78 is 36.1. The van der Waals surface area contributed by atoms with Gasteiger partial charge in [0.05, 0.1) is 5.71 Å². The van der Waals surface area contributed by atoms with Crippen molar-refractivity contribution in [3.05, 3.63) is 11.8 Å². The highest BCUT2D eigenvalue weighted by molar-refractivity contribution is 5.96. The van der Waals surface area contributed by atoms with Crippen LogP contribution in [0.1, 0.15) is 26.2 Å². The molecule has 5 heteroatoms. The Kier molecular flexibility index (Phi) is 2.95. The Morgan fingerprint density at radius 3 is 2.54 bits per heavy atom. The molecule has 0 saturated heterocycles. The first kappa shape index (κ1) is 10.1. The van der Waals surface area contributed by atoms with Crippen LogP contribution in [0.2, 0.25) is 0 Å². The van der Waals surface area contributed by atoms with Gasteiger partial charge >= 0.3 is 6.18 Å². The molecule has 73 valence electrons. The zero-order chi connectivity index (χ0) is 9.90. The van der Waals surface area contributed by atoms with Crippen LogP contribution in [0.25, 0.3) is 0 Å². The third-order valence-electron chi connectivity index (χ3n) is 1.67. The first-order chi connectivity index (χ1) is 6.04. The summed E-state index contributed by atoms with van der Waals surface area (Å²) in [5.74, 6) is 0. The number of halogens is 3. The van der Waals surface area contributed by atoms with Crippen molar-refractivity contribution in [3.63, 3.8) is 0 Å². The topological polar surface area (TPSA) is 26.5 Å². The van der Waals surface area contributed by atoms with E-state index in [0.717, 1.165) is 18.9 Å². The molecule has 0 aliphatic carbocycles. The van der Waals surface area contributed by atoms with E-state index in [2.05, 4.69) is 10.5 Å². The van der Waals surface area contributed by atoms with Crippen LogP contribution in [-0.2, 0) is 0 Å². The molecule has 0 unspecified atom stereocenters. The lowest BCUT2D eigenvalue weighted by Gasteiger charge is -2.02. The van der Waals surface area contributed by atoms with Gasteiger partial charge in [-0.25, -0.2) is 0 Å². The molecule has 0 aromatic rings. The number of unbranched alkanes of at least 4 members (excludes halogenated alkanes) is 1. The van der Waals surface area contributed by atoms with Crippen LogP contribution in [0.3, 0.4) is 0 Å². The Hall–Kier alpha value is -1.00. The van der Waals surface area contributed by atoms with Gasteiger partial charge in [0.15, 0.2) is 5.70 Å². The Bertz CT molecular complexity index is 240. The maximum atomic E-state index is 12.0. The van der Waals surface area contributed by atoms with Gasteiger partial charge in [-0.2, -0.15) is 18.3 Å². The zero-order valence-electron chi connectivity index (χ0n) is 7.23. The van der Waals surface area contributed by atoms with Crippen LogP contribution in [0.4, 0.5) is 13.2 Å². The molecule has 0 atom stereocenters. The Balaban J connectivity index is 2.50. The standard InChI is InChI=1S/C8H10F3N2/c1-2-3-4-6-5-7(13-12-6)8(9,10)11/h5H,2-4H2,1H3. The second kappa shape index (κ2) is 3.81. The summed E-state index contributed by atoms with van der Waals surface area (Å²) in [5, 5.41) is 3.45. The van der Waals surface area contributed by atoms with Crippen molar-refractivity contribution in [2.45, 2.75) is 32.4 Å². The average Bonchev–Trinajstić information content (AvgIpc) is 2.47. The molecule has 0 spiro atoms. The van der Waals surface area contributed by atoms with Gasteiger partial charge < -0.3 is 0 Å². The molecule has 0 aromatic heterocycles. The Morgan fingerprint density at radius 1 is 1.38 bits per heavy atom. The zero-order valence-corrected chi connectivity index (χ0v) is 7.23. The van der Waals surface area contributed by atoms with Crippen molar-refractivity contribution < 1.29 is 13.2 Å². The van der Waals surface area contributed by atoms with Gasteiger partial charge in [-0.1, -0.05) is 13.3 Å². The van der Waals surface area contributed by atoms with Gasteiger partial charge in [-0.3, -0.25) is 0 Å². The van der Waals surface area contributed by atoms with Gasteiger partial charge in [0, 0.05) is 0 Å². The minimum atomic E-state index is -4.36. The third-order valence-corrected chi connectivity index (χ3v) is 1.67. The van der Waals surface area contributed by atoms with E-state index in [1.165, 1.54) is 0 Å². The molecule has 0 amide bonds. The maximum Gasteiger partial charge on any atom is 0.435 e. The highest BCUT2D eigenvalue weighted by Gasteiger charge is 2.37. The molecule has 0 bridgehead atoms. The molecule has 2 nitrogen and oxygen atoms in total. The van der Waals surface area contributed by atoms with Crippen LogP contribution in [0, 0.1) is 0 Å². The molecule has 1 aliphatic heterocycles. The fraction of sp³-hybridized carbons (Fsp3) is 0.625. The second-order valence-corrected chi connectivity index (χ2v) is 2.82. The number of hydrogen-bond acceptors (Lipinski definition) is 1. The van der Waals surface area contributed by atoms with Crippen molar-refractivity contribution in [3.8, 4) is 0 Å². The molecule has 1 radical (unpaired) electrons. The summed E-state index contributed by atoms with van der Waals surface area (Å²) in [5.41, 5.74) is 2.60. The van der Waals surface area contributed by atoms with E-state index < -0.39 is 11.9 Å². The van der Waals surface area contributed by atoms with E-state index >= 15 is 0 Å². The number of alkyl halides is 3. The summed E-state index contributed by atoms with van der Waals surface area (Å²) >= 11 is 0. The largest absolute Gasteiger partial charge is 0.435 e. The molecule has 1 rings (SSSR count).